The summed E-state index contributed by atoms with van der Waals surface area (Å²) in [4.78, 5) is 11.4. The Morgan fingerprint density at radius 1 is 1.32 bits per heavy atom. The molecule has 0 amide bonds. The van der Waals surface area contributed by atoms with Crippen LogP contribution in [0.25, 0.3) is 0 Å². The van der Waals surface area contributed by atoms with E-state index in [-0.39, 0.29) is 18.4 Å². The lowest BCUT2D eigenvalue weighted by molar-refractivity contribution is -0.145. The maximum absolute atomic E-state index is 11.4. The maximum Gasteiger partial charge on any atom is 0.308 e. The van der Waals surface area contributed by atoms with Crippen molar-refractivity contribution in [3.63, 3.8) is 0 Å². The van der Waals surface area contributed by atoms with Crippen LogP contribution in [-0.4, -0.2) is 40.6 Å². The van der Waals surface area contributed by atoms with E-state index in [2.05, 4.69) is 32.9 Å². The van der Waals surface area contributed by atoms with Gasteiger partial charge in [0.2, 0.25) is 0 Å². The molecule has 1 aromatic carbocycles. The number of carbonyl (C=O) groups is 1. The summed E-state index contributed by atoms with van der Waals surface area (Å²) in [6.45, 7) is 8.27. The van der Waals surface area contributed by atoms with Gasteiger partial charge in [0, 0.05) is 12.0 Å². The molecule has 0 bridgehead atoms. The van der Waals surface area contributed by atoms with Crippen LogP contribution in [0.1, 0.15) is 56.7 Å². The molecule has 25 heavy (non-hydrogen) atoms. The smallest absolute Gasteiger partial charge is 0.308 e. The highest BCUT2D eigenvalue weighted by molar-refractivity contribution is 5.69. The molecule has 2 unspecified atom stereocenters. The molecule has 1 aliphatic heterocycles. The summed E-state index contributed by atoms with van der Waals surface area (Å²) < 4.78 is 10.9. The number of hydrogen-bond donors (Lipinski definition) is 2. The number of aliphatic hydroxyl groups is 2. The quantitative estimate of drug-likeness (QED) is 0.705. The van der Waals surface area contributed by atoms with Crippen molar-refractivity contribution >= 4 is 5.97 Å². The molecule has 5 heteroatoms. The number of aliphatic hydroxyl groups excluding tert-OH is 2. The highest BCUT2D eigenvalue weighted by Gasteiger charge is 2.32. The van der Waals surface area contributed by atoms with Crippen molar-refractivity contribution in [3.8, 4) is 5.75 Å². The average molecular weight is 350 g/mol. The first kappa shape index (κ1) is 19.7. The zero-order chi connectivity index (χ0) is 18.6. The zero-order valence-corrected chi connectivity index (χ0v) is 15.7. The minimum Gasteiger partial charge on any atom is -0.487 e. The van der Waals surface area contributed by atoms with Crippen molar-refractivity contribution in [3.05, 3.63) is 28.8 Å². The lowest BCUT2D eigenvalue weighted by Gasteiger charge is -2.19. The molecule has 2 N–H and O–H groups in total. The van der Waals surface area contributed by atoms with Gasteiger partial charge in [-0.2, -0.15) is 0 Å². The Hall–Kier alpha value is -1.59. The SMILES string of the molecule is CCOC(=O)CC(O)CC(O)CCc1ccc(C)c2c1OC(C)(C)C2. The summed E-state index contributed by atoms with van der Waals surface area (Å²) >= 11 is 0. The first-order valence-corrected chi connectivity index (χ1v) is 9.04. The molecule has 0 aliphatic carbocycles. The fourth-order valence-corrected chi connectivity index (χ4v) is 3.31. The molecule has 0 spiro atoms. The van der Waals surface area contributed by atoms with Crippen molar-refractivity contribution in [2.24, 2.45) is 0 Å². The molecule has 0 radical (unpaired) electrons. The van der Waals surface area contributed by atoms with Crippen LogP contribution in [0, 0.1) is 6.92 Å². The van der Waals surface area contributed by atoms with Gasteiger partial charge in [0.05, 0.1) is 25.2 Å². The number of aryl methyl sites for hydroxylation is 2. The van der Waals surface area contributed by atoms with E-state index < -0.39 is 18.2 Å². The second kappa shape index (κ2) is 8.19. The minimum atomic E-state index is -0.882. The fraction of sp³-hybridized carbons (Fsp3) is 0.650. The number of ether oxygens (including phenoxy) is 2. The number of hydrogen-bond acceptors (Lipinski definition) is 5. The van der Waals surface area contributed by atoms with Gasteiger partial charge in [-0.25, -0.2) is 0 Å². The zero-order valence-electron chi connectivity index (χ0n) is 15.7. The third kappa shape index (κ3) is 5.44. The van der Waals surface area contributed by atoms with Gasteiger partial charge in [-0.1, -0.05) is 12.1 Å². The summed E-state index contributed by atoms with van der Waals surface area (Å²) in [5.74, 6) is 0.512. The number of carbonyl (C=O) groups excluding carboxylic acids is 1. The number of fused-ring (bicyclic) bond motifs is 1. The fourth-order valence-electron chi connectivity index (χ4n) is 3.31. The summed E-state index contributed by atoms with van der Waals surface area (Å²) in [6, 6.07) is 4.15. The van der Waals surface area contributed by atoms with Gasteiger partial charge in [0.1, 0.15) is 11.4 Å². The highest BCUT2D eigenvalue weighted by atomic mass is 16.5. The topological polar surface area (TPSA) is 76.0 Å². The second-order valence-corrected chi connectivity index (χ2v) is 7.48. The van der Waals surface area contributed by atoms with Crippen LogP contribution in [0.4, 0.5) is 0 Å². The summed E-state index contributed by atoms with van der Waals surface area (Å²) in [5, 5.41) is 20.1. The Morgan fingerprint density at radius 3 is 2.72 bits per heavy atom. The van der Waals surface area contributed by atoms with E-state index in [1.54, 1.807) is 6.92 Å². The van der Waals surface area contributed by atoms with Crippen LogP contribution in [0.3, 0.4) is 0 Å². The molecule has 140 valence electrons. The van der Waals surface area contributed by atoms with Crippen LogP contribution in [0.2, 0.25) is 0 Å². The third-order valence-electron chi connectivity index (χ3n) is 4.56. The highest BCUT2D eigenvalue weighted by Crippen LogP contribution is 2.40. The Bertz CT molecular complexity index is 608. The van der Waals surface area contributed by atoms with Crippen LogP contribution in [0.5, 0.6) is 5.75 Å². The maximum atomic E-state index is 11.4. The van der Waals surface area contributed by atoms with E-state index >= 15 is 0 Å². The normalized spacial score (nSPS) is 17.5. The summed E-state index contributed by atoms with van der Waals surface area (Å²) in [5.41, 5.74) is 3.37. The van der Waals surface area contributed by atoms with E-state index in [1.165, 1.54) is 11.1 Å². The second-order valence-electron chi connectivity index (χ2n) is 7.48. The van der Waals surface area contributed by atoms with Gasteiger partial charge >= 0.3 is 5.97 Å². The third-order valence-corrected chi connectivity index (χ3v) is 4.56. The van der Waals surface area contributed by atoms with E-state index in [0.29, 0.717) is 19.4 Å². The Kier molecular flexibility index (Phi) is 6.47. The van der Waals surface area contributed by atoms with Gasteiger partial charge < -0.3 is 19.7 Å². The molecule has 2 atom stereocenters. The molecule has 0 aromatic heterocycles. The van der Waals surface area contributed by atoms with Gasteiger partial charge in [-0.05, 0) is 58.1 Å². The molecule has 0 saturated carbocycles. The minimum absolute atomic E-state index is 0.0812. The van der Waals surface area contributed by atoms with Crippen LogP contribution >= 0.6 is 0 Å². The summed E-state index contributed by atoms with van der Waals surface area (Å²) in [7, 11) is 0. The molecular weight excluding hydrogens is 320 g/mol. The van der Waals surface area contributed by atoms with Crippen molar-refractivity contribution in [2.75, 3.05) is 6.61 Å². The van der Waals surface area contributed by atoms with E-state index in [0.717, 1.165) is 17.7 Å². The average Bonchev–Trinajstić information content (AvgIpc) is 2.83. The van der Waals surface area contributed by atoms with E-state index in [1.807, 2.05) is 0 Å². The van der Waals surface area contributed by atoms with Gasteiger partial charge in [0.25, 0.3) is 0 Å². The molecule has 2 rings (SSSR count). The van der Waals surface area contributed by atoms with Crippen molar-refractivity contribution in [1.82, 2.24) is 0 Å². The lowest BCUT2D eigenvalue weighted by atomic mass is 9.94. The largest absolute Gasteiger partial charge is 0.487 e. The standard InChI is InChI=1S/C20H30O5/c1-5-24-18(23)11-16(22)10-15(21)9-8-14-7-6-13(2)17-12-20(3,4)25-19(14)17/h6-7,15-16,21-22H,5,8-12H2,1-4H3. The molecule has 0 saturated heterocycles. The lowest BCUT2D eigenvalue weighted by Crippen LogP contribution is -2.25. The molecular formula is C20H30O5. The first-order chi connectivity index (χ1) is 11.7. The monoisotopic (exact) mass is 350 g/mol. The molecule has 0 fully saturated rings. The van der Waals surface area contributed by atoms with E-state index in [9.17, 15) is 15.0 Å². The molecule has 1 heterocycles. The van der Waals surface area contributed by atoms with Crippen molar-refractivity contribution < 1.29 is 24.5 Å². The molecule has 1 aromatic rings. The first-order valence-electron chi connectivity index (χ1n) is 9.04. The summed E-state index contributed by atoms with van der Waals surface area (Å²) in [6.07, 6.45) is 0.610. The Morgan fingerprint density at radius 2 is 2.04 bits per heavy atom. The molecule has 5 nitrogen and oxygen atoms in total. The van der Waals surface area contributed by atoms with Gasteiger partial charge in [-0.15, -0.1) is 0 Å². The van der Waals surface area contributed by atoms with Crippen LogP contribution < -0.4 is 4.74 Å². The Labute approximate surface area is 150 Å². The van der Waals surface area contributed by atoms with Crippen LogP contribution in [0.15, 0.2) is 12.1 Å². The number of benzene rings is 1. The van der Waals surface area contributed by atoms with Crippen LogP contribution in [-0.2, 0) is 22.4 Å². The Balaban J connectivity index is 1.90. The van der Waals surface area contributed by atoms with Crippen molar-refractivity contribution in [1.29, 1.82) is 0 Å². The van der Waals surface area contributed by atoms with Crippen molar-refractivity contribution in [2.45, 2.75) is 77.6 Å². The number of rotatable bonds is 8. The van der Waals surface area contributed by atoms with Gasteiger partial charge in [0.15, 0.2) is 0 Å². The predicted octanol–water partition coefficient (Wildman–Crippen LogP) is 2.71. The number of esters is 1. The van der Waals surface area contributed by atoms with Gasteiger partial charge in [-0.3, -0.25) is 4.79 Å². The predicted molar refractivity (Wildman–Crippen MR) is 95.8 cm³/mol. The molecule has 1 aliphatic rings. The van der Waals surface area contributed by atoms with E-state index in [4.69, 9.17) is 9.47 Å².